The highest BCUT2D eigenvalue weighted by Gasteiger charge is 2.34. The van der Waals surface area contributed by atoms with Gasteiger partial charge in [-0.05, 0) is 61.4 Å². The Bertz CT molecular complexity index is 2460. The second-order valence-electron chi connectivity index (χ2n) is 11.7. The third-order valence-corrected chi connectivity index (χ3v) is 10.9. The number of benzene rings is 7. The molecule has 9 rings (SSSR count). The van der Waals surface area contributed by atoms with Gasteiger partial charge in [0.05, 0.1) is 11.1 Å². The summed E-state index contributed by atoms with van der Waals surface area (Å²) in [6, 6.07) is 45.0. The first-order valence-corrected chi connectivity index (χ1v) is 16.0. The molecule has 0 bridgehead atoms. The predicted molar refractivity (Wildman–Crippen MR) is 188 cm³/mol. The molecule has 7 aromatic rings. The molecule has 3 heteroatoms. The number of hydrogen-bond acceptors (Lipinski definition) is 3. The van der Waals surface area contributed by atoms with Gasteiger partial charge in [-0.15, -0.1) is 11.8 Å². The van der Waals surface area contributed by atoms with E-state index in [9.17, 15) is 10.5 Å². The lowest BCUT2D eigenvalue weighted by Gasteiger charge is -2.22. The van der Waals surface area contributed by atoms with Gasteiger partial charge in [-0.2, -0.15) is 10.5 Å². The van der Waals surface area contributed by atoms with E-state index < -0.39 is 0 Å². The van der Waals surface area contributed by atoms with Crippen LogP contribution in [-0.2, 0) is 0 Å². The van der Waals surface area contributed by atoms with E-state index in [1.807, 2.05) is 36.0 Å². The Morgan fingerprint density at radius 2 is 0.933 bits per heavy atom. The number of fused-ring (bicyclic) bond motifs is 7. The van der Waals surface area contributed by atoms with E-state index in [4.69, 9.17) is 0 Å². The normalized spacial score (nSPS) is 15.4. The highest BCUT2D eigenvalue weighted by atomic mass is 32.2. The lowest BCUT2D eigenvalue weighted by Crippen LogP contribution is -2.06. The van der Waals surface area contributed by atoms with Gasteiger partial charge in [0, 0.05) is 31.7 Å². The molecular weight excluding hydrogens is 565 g/mol. The Morgan fingerprint density at radius 1 is 0.489 bits per heavy atom. The molecule has 1 atom stereocenters. The van der Waals surface area contributed by atoms with Gasteiger partial charge in [0.25, 0.3) is 0 Å². The minimum Gasteiger partial charge on any atom is -0.192 e. The van der Waals surface area contributed by atoms with Crippen molar-refractivity contribution in [1.82, 2.24) is 0 Å². The highest BCUT2D eigenvalue weighted by molar-refractivity contribution is 8.01. The molecule has 45 heavy (non-hydrogen) atoms. The van der Waals surface area contributed by atoms with Crippen molar-refractivity contribution in [3.8, 4) is 23.3 Å². The zero-order valence-corrected chi connectivity index (χ0v) is 25.0. The monoisotopic (exact) mass is 588 g/mol. The fraction of sp³-hybridized carbons (Fsp3) is 0.0476. The van der Waals surface area contributed by atoms with E-state index in [0.717, 1.165) is 60.6 Å². The van der Waals surface area contributed by atoms with E-state index in [2.05, 4.69) is 115 Å². The second-order valence-corrected chi connectivity index (χ2v) is 12.9. The Balaban J connectivity index is 1.24. The molecule has 0 N–H and O–H groups in total. The highest BCUT2D eigenvalue weighted by Crippen LogP contribution is 2.55. The molecule has 0 aromatic heterocycles. The number of rotatable bonds is 2. The van der Waals surface area contributed by atoms with Crippen molar-refractivity contribution in [2.24, 2.45) is 0 Å². The molecule has 1 heterocycles. The molecule has 208 valence electrons. The number of allylic oxidation sites excluding steroid dienone is 3. The zero-order chi connectivity index (χ0) is 30.1. The van der Waals surface area contributed by atoms with Crippen LogP contribution in [0.15, 0.2) is 132 Å². The van der Waals surface area contributed by atoms with Crippen LogP contribution < -0.4 is 0 Å². The summed E-state index contributed by atoms with van der Waals surface area (Å²) in [6.45, 7) is 0. The van der Waals surface area contributed by atoms with Gasteiger partial charge < -0.3 is 0 Å². The molecule has 1 aliphatic carbocycles. The van der Waals surface area contributed by atoms with Crippen molar-refractivity contribution in [2.75, 3.05) is 0 Å². The number of hydrogen-bond donors (Lipinski definition) is 0. The van der Waals surface area contributed by atoms with Gasteiger partial charge >= 0.3 is 0 Å². The summed E-state index contributed by atoms with van der Waals surface area (Å²) in [5.41, 5.74) is 9.09. The van der Waals surface area contributed by atoms with E-state index >= 15 is 0 Å². The number of nitrogens with zero attached hydrogens (tertiary/aromatic N) is 2. The second kappa shape index (κ2) is 9.96. The van der Waals surface area contributed by atoms with Crippen LogP contribution in [0.25, 0.3) is 65.4 Å². The Labute approximate surface area is 265 Å². The maximum atomic E-state index is 10.2. The average molecular weight is 589 g/mol. The summed E-state index contributed by atoms with van der Waals surface area (Å²) >= 11 is 1.96. The average Bonchev–Trinajstić information content (AvgIpc) is 3.47. The standard InChI is InChI=1S/C42H24N2S/c43-23-37-26-10-1-5-14-31(26)40(32-15-6-2-11-27(32)37)25-20-21-30-35-18-9-19-36(42(35)45-39(30)22-25)41-33-16-7-3-12-28(33)38(24-44)29-13-4-8-17-34(29)41/h1-21,39H,22H2. The van der Waals surface area contributed by atoms with E-state index in [1.54, 1.807) is 0 Å². The van der Waals surface area contributed by atoms with Gasteiger partial charge in [0.15, 0.2) is 0 Å². The van der Waals surface area contributed by atoms with Crippen LogP contribution in [0.2, 0.25) is 0 Å². The van der Waals surface area contributed by atoms with Gasteiger partial charge in [0.2, 0.25) is 0 Å². The van der Waals surface area contributed by atoms with Crippen LogP contribution in [0.1, 0.15) is 28.7 Å². The molecular formula is C42H24N2S. The molecule has 1 aliphatic heterocycles. The van der Waals surface area contributed by atoms with Crippen LogP contribution in [0.4, 0.5) is 0 Å². The third-order valence-electron chi connectivity index (χ3n) is 9.48. The minimum atomic E-state index is 0.283. The van der Waals surface area contributed by atoms with Crippen molar-refractivity contribution in [2.45, 2.75) is 16.6 Å². The topological polar surface area (TPSA) is 47.6 Å². The molecule has 2 aliphatic rings. The van der Waals surface area contributed by atoms with Crippen LogP contribution >= 0.6 is 11.8 Å². The largest absolute Gasteiger partial charge is 0.192 e. The number of nitriles is 2. The molecule has 0 saturated heterocycles. The first-order chi connectivity index (χ1) is 22.3. The van der Waals surface area contributed by atoms with Crippen LogP contribution in [-0.4, -0.2) is 5.25 Å². The summed E-state index contributed by atoms with van der Waals surface area (Å²) in [4.78, 5) is 1.30. The van der Waals surface area contributed by atoms with E-state index in [1.165, 1.54) is 38.3 Å². The summed E-state index contributed by atoms with van der Waals surface area (Å²) in [5, 5.41) is 29.1. The van der Waals surface area contributed by atoms with Crippen molar-refractivity contribution in [3.63, 3.8) is 0 Å². The summed E-state index contributed by atoms with van der Waals surface area (Å²) < 4.78 is 0. The minimum absolute atomic E-state index is 0.283. The molecule has 0 fully saturated rings. The van der Waals surface area contributed by atoms with E-state index in [0.29, 0.717) is 0 Å². The lowest BCUT2D eigenvalue weighted by molar-refractivity contribution is 1.11. The Kier molecular flexibility index (Phi) is 5.72. The Hall–Kier alpha value is -5.61. The fourth-order valence-electron chi connectivity index (χ4n) is 7.59. The van der Waals surface area contributed by atoms with Crippen LogP contribution in [0.3, 0.4) is 0 Å². The van der Waals surface area contributed by atoms with Crippen molar-refractivity contribution in [1.29, 1.82) is 10.5 Å². The third kappa shape index (κ3) is 3.69. The molecule has 1 unspecified atom stereocenters. The molecule has 0 amide bonds. The Morgan fingerprint density at radius 3 is 1.42 bits per heavy atom. The summed E-state index contributed by atoms with van der Waals surface area (Å²) in [7, 11) is 0. The maximum Gasteiger partial charge on any atom is 0.100 e. The smallest absolute Gasteiger partial charge is 0.100 e. The quantitative estimate of drug-likeness (QED) is 0.189. The molecule has 7 aromatic carbocycles. The lowest BCUT2D eigenvalue weighted by atomic mass is 9.83. The fourth-order valence-corrected chi connectivity index (χ4v) is 9.08. The number of thioether (sulfide) groups is 1. The molecule has 2 nitrogen and oxygen atoms in total. The first kappa shape index (κ1) is 25.8. The first-order valence-electron chi connectivity index (χ1n) is 15.2. The van der Waals surface area contributed by atoms with Crippen molar-refractivity contribution in [3.05, 3.63) is 150 Å². The molecule has 0 spiro atoms. The molecule has 0 radical (unpaired) electrons. The van der Waals surface area contributed by atoms with Crippen LogP contribution in [0, 0.1) is 22.7 Å². The van der Waals surface area contributed by atoms with Crippen molar-refractivity contribution >= 4 is 66.0 Å². The predicted octanol–water partition coefficient (Wildman–Crippen LogP) is 11.1. The summed E-state index contributed by atoms with van der Waals surface area (Å²) in [5.74, 6) is 0. The van der Waals surface area contributed by atoms with Gasteiger partial charge in [0.1, 0.15) is 12.1 Å². The van der Waals surface area contributed by atoms with Crippen LogP contribution in [0.5, 0.6) is 0 Å². The molecule has 0 saturated carbocycles. The zero-order valence-electron chi connectivity index (χ0n) is 24.2. The maximum absolute atomic E-state index is 10.2. The summed E-state index contributed by atoms with van der Waals surface area (Å²) in [6.07, 6.45) is 5.53. The van der Waals surface area contributed by atoms with Gasteiger partial charge in [-0.3, -0.25) is 0 Å². The van der Waals surface area contributed by atoms with Gasteiger partial charge in [-0.25, -0.2) is 0 Å². The van der Waals surface area contributed by atoms with Crippen molar-refractivity contribution < 1.29 is 0 Å². The van der Waals surface area contributed by atoms with E-state index in [-0.39, 0.29) is 5.25 Å². The SMILES string of the molecule is N#Cc1c2ccccc2c(C2=CC=C3c4cccc(-c5c6ccccc6c(C#N)c6ccccc56)c4SC3C2)c2ccccc12. The van der Waals surface area contributed by atoms with Gasteiger partial charge in [-0.1, -0.05) is 127 Å².